The van der Waals surface area contributed by atoms with E-state index in [9.17, 15) is 4.79 Å². The van der Waals surface area contributed by atoms with Crippen molar-refractivity contribution in [3.8, 4) is 0 Å². The van der Waals surface area contributed by atoms with Crippen LogP contribution in [0.5, 0.6) is 0 Å². The summed E-state index contributed by atoms with van der Waals surface area (Å²) in [6.07, 6.45) is 3.34. The summed E-state index contributed by atoms with van der Waals surface area (Å²) < 4.78 is 11.7. The van der Waals surface area contributed by atoms with E-state index in [2.05, 4.69) is 35.2 Å². The first-order chi connectivity index (χ1) is 12.8. The molecule has 0 N–H and O–H groups in total. The molecule has 0 radical (unpaired) electrons. The second-order valence-corrected chi connectivity index (χ2v) is 8.13. The third-order valence-corrected chi connectivity index (χ3v) is 6.23. The SMILES string of the molecule is O=C(COC[C@]12COC[C@H]1CN(CCc1ccccc1)C2)N1CCCC1. The maximum Gasteiger partial charge on any atom is 0.248 e. The molecule has 26 heavy (non-hydrogen) atoms. The molecule has 1 aromatic carbocycles. The quantitative estimate of drug-likeness (QED) is 0.746. The lowest BCUT2D eigenvalue weighted by Crippen LogP contribution is -2.38. The fraction of sp³-hybridized carbons (Fsp3) is 0.667. The average Bonchev–Trinajstić information content (AvgIpc) is 3.37. The van der Waals surface area contributed by atoms with Crippen molar-refractivity contribution in [2.45, 2.75) is 19.3 Å². The highest BCUT2D eigenvalue weighted by Gasteiger charge is 2.50. The lowest BCUT2D eigenvalue weighted by atomic mass is 9.82. The Morgan fingerprint density at radius 2 is 2.04 bits per heavy atom. The van der Waals surface area contributed by atoms with Crippen LogP contribution >= 0.6 is 0 Å². The van der Waals surface area contributed by atoms with Crippen molar-refractivity contribution >= 4 is 5.91 Å². The largest absolute Gasteiger partial charge is 0.380 e. The Bertz CT molecular complexity index is 603. The van der Waals surface area contributed by atoms with Gasteiger partial charge in [0.25, 0.3) is 0 Å². The molecule has 0 saturated carbocycles. The van der Waals surface area contributed by atoms with Crippen LogP contribution in [-0.2, 0) is 20.7 Å². The maximum atomic E-state index is 12.2. The van der Waals surface area contributed by atoms with Crippen LogP contribution in [0.3, 0.4) is 0 Å². The zero-order valence-electron chi connectivity index (χ0n) is 15.6. The summed E-state index contributed by atoms with van der Waals surface area (Å²) in [5.74, 6) is 0.674. The van der Waals surface area contributed by atoms with Crippen LogP contribution in [0, 0.1) is 11.3 Å². The van der Waals surface area contributed by atoms with E-state index in [0.717, 1.165) is 65.2 Å². The van der Waals surface area contributed by atoms with Gasteiger partial charge in [0, 0.05) is 44.1 Å². The van der Waals surface area contributed by atoms with Gasteiger partial charge in [0.15, 0.2) is 0 Å². The normalized spacial score (nSPS) is 28.6. The fourth-order valence-corrected chi connectivity index (χ4v) is 4.65. The smallest absolute Gasteiger partial charge is 0.248 e. The standard InChI is InChI=1S/C21H30N2O3/c24-20(23-9-4-5-10-23)14-26-17-21-15-22(12-19(21)13-25-16-21)11-8-18-6-2-1-3-7-18/h1-3,6-7,19H,4-5,8-17H2/t19-,21+/m1/s1. The molecule has 3 fully saturated rings. The summed E-state index contributed by atoms with van der Waals surface area (Å²) in [4.78, 5) is 16.7. The van der Waals surface area contributed by atoms with Gasteiger partial charge in [-0.15, -0.1) is 0 Å². The predicted octanol–water partition coefficient (Wildman–Crippen LogP) is 1.82. The first-order valence-corrected chi connectivity index (χ1v) is 9.95. The molecule has 3 aliphatic rings. The summed E-state index contributed by atoms with van der Waals surface area (Å²) in [6.45, 7) is 7.41. The number of amides is 1. The van der Waals surface area contributed by atoms with Gasteiger partial charge < -0.3 is 19.3 Å². The van der Waals surface area contributed by atoms with E-state index in [4.69, 9.17) is 9.47 Å². The molecule has 3 aliphatic heterocycles. The maximum absolute atomic E-state index is 12.2. The van der Waals surface area contributed by atoms with E-state index in [1.165, 1.54) is 5.56 Å². The predicted molar refractivity (Wildman–Crippen MR) is 100.0 cm³/mol. The van der Waals surface area contributed by atoms with Gasteiger partial charge in [-0.05, 0) is 24.8 Å². The Morgan fingerprint density at radius 3 is 2.85 bits per heavy atom. The number of rotatable bonds is 7. The van der Waals surface area contributed by atoms with Crippen LogP contribution in [0.15, 0.2) is 30.3 Å². The molecule has 4 rings (SSSR count). The molecule has 0 spiro atoms. The number of likely N-dealkylation sites (tertiary alicyclic amines) is 2. The molecule has 1 amide bonds. The minimum Gasteiger partial charge on any atom is -0.380 e. The van der Waals surface area contributed by atoms with Gasteiger partial charge in [0.1, 0.15) is 6.61 Å². The van der Waals surface area contributed by atoms with Crippen molar-refractivity contribution < 1.29 is 14.3 Å². The Labute approximate surface area is 156 Å². The highest BCUT2D eigenvalue weighted by atomic mass is 16.5. The van der Waals surface area contributed by atoms with Gasteiger partial charge in [-0.3, -0.25) is 4.79 Å². The first kappa shape index (κ1) is 18.0. The van der Waals surface area contributed by atoms with E-state index in [1.807, 2.05) is 4.90 Å². The second kappa shape index (κ2) is 8.07. The number of hydrogen-bond acceptors (Lipinski definition) is 4. The minimum atomic E-state index is 0.0714. The van der Waals surface area contributed by atoms with Gasteiger partial charge in [-0.1, -0.05) is 30.3 Å². The minimum absolute atomic E-state index is 0.0714. The van der Waals surface area contributed by atoms with Gasteiger partial charge in [-0.2, -0.15) is 0 Å². The zero-order valence-corrected chi connectivity index (χ0v) is 15.6. The summed E-state index contributed by atoms with van der Waals surface area (Å²) in [5, 5.41) is 0. The average molecular weight is 358 g/mol. The summed E-state index contributed by atoms with van der Waals surface area (Å²) >= 11 is 0. The summed E-state index contributed by atoms with van der Waals surface area (Å²) in [7, 11) is 0. The van der Waals surface area contributed by atoms with Crippen LogP contribution in [0.2, 0.25) is 0 Å². The monoisotopic (exact) mass is 358 g/mol. The van der Waals surface area contributed by atoms with Crippen molar-refractivity contribution in [3.05, 3.63) is 35.9 Å². The number of nitrogens with zero attached hydrogens (tertiary/aromatic N) is 2. The van der Waals surface area contributed by atoms with Crippen molar-refractivity contribution in [1.29, 1.82) is 0 Å². The molecule has 1 aromatic rings. The number of carbonyl (C=O) groups is 1. The van der Waals surface area contributed by atoms with E-state index in [1.54, 1.807) is 0 Å². The van der Waals surface area contributed by atoms with Crippen molar-refractivity contribution in [3.63, 3.8) is 0 Å². The lowest BCUT2D eigenvalue weighted by molar-refractivity contribution is -0.136. The van der Waals surface area contributed by atoms with Crippen molar-refractivity contribution in [2.24, 2.45) is 11.3 Å². The van der Waals surface area contributed by atoms with Gasteiger partial charge in [0.05, 0.1) is 19.8 Å². The Morgan fingerprint density at radius 1 is 1.23 bits per heavy atom. The first-order valence-electron chi connectivity index (χ1n) is 9.95. The Balaban J connectivity index is 1.26. The topological polar surface area (TPSA) is 42.0 Å². The highest BCUT2D eigenvalue weighted by Crippen LogP contribution is 2.41. The summed E-state index contributed by atoms with van der Waals surface area (Å²) in [6, 6.07) is 10.7. The zero-order chi connectivity index (χ0) is 17.8. The number of ether oxygens (including phenoxy) is 2. The van der Waals surface area contributed by atoms with E-state index in [0.29, 0.717) is 12.5 Å². The highest BCUT2D eigenvalue weighted by molar-refractivity contribution is 5.77. The molecular formula is C21H30N2O3. The molecule has 2 atom stereocenters. The molecule has 3 heterocycles. The molecule has 0 aromatic heterocycles. The fourth-order valence-electron chi connectivity index (χ4n) is 4.65. The lowest BCUT2D eigenvalue weighted by Gasteiger charge is -2.27. The van der Waals surface area contributed by atoms with Crippen molar-refractivity contribution in [1.82, 2.24) is 9.80 Å². The second-order valence-electron chi connectivity index (χ2n) is 8.13. The number of carbonyl (C=O) groups excluding carboxylic acids is 1. The van der Waals surface area contributed by atoms with Gasteiger partial charge in [0.2, 0.25) is 5.91 Å². The number of hydrogen-bond donors (Lipinski definition) is 0. The van der Waals surface area contributed by atoms with E-state index in [-0.39, 0.29) is 17.9 Å². The molecule has 142 valence electrons. The van der Waals surface area contributed by atoms with Crippen molar-refractivity contribution in [2.75, 3.05) is 59.2 Å². The van der Waals surface area contributed by atoms with Crippen LogP contribution in [-0.4, -0.2) is 74.9 Å². The van der Waals surface area contributed by atoms with E-state index >= 15 is 0 Å². The molecule has 5 heteroatoms. The summed E-state index contributed by atoms with van der Waals surface area (Å²) in [5.41, 5.74) is 1.46. The van der Waals surface area contributed by atoms with Gasteiger partial charge >= 0.3 is 0 Å². The third-order valence-electron chi connectivity index (χ3n) is 6.23. The number of fused-ring (bicyclic) bond motifs is 1. The van der Waals surface area contributed by atoms with E-state index < -0.39 is 0 Å². The van der Waals surface area contributed by atoms with Crippen LogP contribution in [0.4, 0.5) is 0 Å². The molecular weight excluding hydrogens is 328 g/mol. The number of benzene rings is 1. The molecule has 0 aliphatic carbocycles. The Hall–Kier alpha value is -1.43. The third kappa shape index (κ3) is 3.95. The molecule has 5 nitrogen and oxygen atoms in total. The molecule has 0 bridgehead atoms. The van der Waals surface area contributed by atoms with Crippen LogP contribution < -0.4 is 0 Å². The van der Waals surface area contributed by atoms with Crippen LogP contribution in [0.25, 0.3) is 0 Å². The van der Waals surface area contributed by atoms with Crippen LogP contribution in [0.1, 0.15) is 18.4 Å². The van der Waals surface area contributed by atoms with Gasteiger partial charge in [-0.25, -0.2) is 0 Å². The molecule has 3 saturated heterocycles. The molecule has 0 unspecified atom stereocenters. The Kier molecular flexibility index (Phi) is 5.57.